The normalized spacial score (nSPS) is 11.7. The highest BCUT2D eigenvalue weighted by molar-refractivity contribution is 6.03. The summed E-state index contributed by atoms with van der Waals surface area (Å²) in [4.78, 5) is 22.9. The molecule has 2 N–H and O–H groups in total. The predicted octanol–water partition coefficient (Wildman–Crippen LogP) is 2.62. The molecule has 0 aliphatic rings. The molecule has 0 aliphatic carbocycles. The summed E-state index contributed by atoms with van der Waals surface area (Å²) < 4.78 is 1.59. The van der Waals surface area contributed by atoms with E-state index in [0.717, 1.165) is 11.6 Å². The van der Waals surface area contributed by atoms with E-state index < -0.39 is 11.9 Å². The van der Waals surface area contributed by atoms with Crippen molar-refractivity contribution in [3.05, 3.63) is 59.8 Å². The van der Waals surface area contributed by atoms with Gasteiger partial charge in [0.25, 0.3) is 0 Å². The molecule has 6 heteroatoms. The predicted molar refractivity (Wildman–Crippen MR) is 83.0 cm³/mol. The van der Waals surface area contributed by atoms with Crippen molar-refractivity contribution in [3.8, 4) is 0 Å². The van der Waals surface area contributed by atoms with Crippen LogP contribution in [-0.2, 0) is 4.79 Å². The quantitative estimate of drug-likeness (QED) is 0.831. The van der Waals surface area contributed by atoms with Gasteiger partial charge in [0, 0.05) is 0 Å². The van der Waals surface area contributed by atoms with Crippen molar-refractivity contribution in [1.29, 1.82) is 0 Å². The Hall–Kier alpha value is -2.89. The Balaban J connectivity index is 2.49. The van der Waals surface area contributed by atoms with E-state index in [4.69, 9.17) is 0 Å². The molecule has 2 rings (SSSR count). The fourth-order valence-electron chi connectivity index (χ4n) is 2.28. The molecule has 2 aromatic rings. The summed E-state index contributed by atoms with van der Waals surface area (Å²) in [6.07, 6.45) is 1.07. The van der Waals surface area contributed by atoms with Crippen molar-refractivity contribution < 1.29 is 14.7 Å². The van der Waals surface area contributed by atoms with Crippen LogP contribution in [0, 0.1) is 6.92 Å². The number of rotatable bonds is 5. The number of anilines is 1. The van der Waals surface area contributed by atoms with Gasteiger partial charge in [-0.25, -0.2) is 4.79 Å². The average molecular weight is 299 g/mol. The molecule has 1 aromatic carbocycles. The zero-order chi connectivity index (χ0) is 16.3. The van der Waals surface area contributed by atoms with Crippen molar-refractivity contribution in [2.75, 3.05) is 5.32 Å². The second-order valence-electron chi connectivity index (χ2n) is 4.84. The van der Waals surface area contributed by atoms with E-state index >= 15 is 0 Å². The molecule has 1 aromatic heterocycles. The van der Waals surface area contributed by atoms with Crippen molar-refractivity contribution in [2.24, 2.45) is 0 Å². The first-order chi connectivity index (χ1) is 10.5. The van der Waals surface area contributed by atoms with Crippen molar-refractivity contribution in [2.45, 2.75) is 19.9 Å². The Morgan fingerprint density at radius 2 is 2.00 bits per heavy atom. The van der Waals surface area contributed by atoms with Crippen LogP contribution >= 0.6 is 0 Å². The SMILES string of the molecule is C=CC(=O)Nc1nn(C(C)c2ccccc2)c(C)c1C(=O)O. The van der Waals surface area contributed by atoms with E-state index in [1.165, 1.54) is 0 Å². The maximum absolute atomic E-state index is 11.5. The molecule has 6 nitrogen and oxygen atoms in total. The minimum atomic E-state index is -1.14. The van der Waals surface area contributed by atoms with Crippen LogP contribution < -0.4 is 5.32 Å². The number of nitrogens with one attached hydrogen (secondary N) is 1. The molecule has 1 atom stereocenters. The van der Waals surface area contributed by atoms with Crippen molar-refractivity contribution >= 4 is 17.7 Å². The molecule has 22 heavy (non-hydrogen) atoms. The van der Waals surface area contributed by atoms with Gasteiger partial charge >= 0.3 is 5.97 Å². The highest BCUT2D eigenvalue weighted by atomic mass is 16.4. The summed E-state index contributed by atoms with van der Waals surface area (Å²) in [7, 11) is 0. The molecule has 0 aliphatic heterocycles. The summed E-state index contributed by atoms with van der Waals surface area (Å²) in [6.45, 7) is 6.93. The van der Waals surface area contributed by atoms with Crippen molar-refractivity contribution in [1.82, 2.24) is 9.78 Å². The molecule has 1 amide bonds. The van der Waals surface area contributed by atoms with Gasteiger partial charge in [-0.3, -0.25) is 9.48 Å². The van der Waals surface area contributed by atoms with Gasteiger partial charge in [0.05, 0.1) is 11.7 Å². The fourth-order valence-corrected chi connectivity index (χ4v) is 2.28. The third-order valence-electron chi connectivity index (χ3n) is 3.44. The van der Waals surface area contributed by atoms with Crippen LogP contribution in [0.15, 0.2) is 43.0 Å². The summed E-state index contributed by atoms with van der Waals surface area (Å²) in [5.74, 6) is -1.61. The minimum Gasteiger partial charge on any atom is -0.477 e. The maximum atomic E-state index is 11.5. The van der Waals surface area contributed by atoms with Crippen LogP contribution in [-0.4, -0.2) is 26.8 Å². The zero-order valence-electron chi connectivity index (χ0n) is 12.4. The lowest BCUT2D eigenvalue weighted by molar-refractivity contribution is -0.111. The number of hydrogen-bond acceptors (Lipinski definition) is 3. The lowest BCUT2D eigenvalue weighted by atomic mass is 10.1. The molecule has 0 saturated carbocycles. The summed E-state index contributed by atoms with van der Waals surface area (Å²) in [5, 5.41) is 16.1. The van der Waals surface area contributed by atoms with Crippen LogP contribution in [0.2, 0.25) is 0 Å². The number of hydrogen-bond donors (Lipinski definition) is 2. The van der Waals surface area contributed by atoms with Gasteiger partial charge in [0.15, 0.2) is 5.82 Å². The summed E-state index contributed by atoms with van der Waals surface area (Å²) >= 11 is 0. The first kappa shape index (κ1) is 15.5. The highest BCUT2D eigenvalue weighted by Gasteiger charge is 2.24. The largest absolute Gasteiger partial charge is 0.477 e. The van der Waals surface area contributed by atoms with Gasteiger partial charge in [0.1, 0.15) is 5.56 Å². The molecule has 0 radical (unpaired) electrons. The Labute approximate surface area is 128 Å². The average Bonchev–Trinajstić information content (AvgIpc) is 2.83. The number of amides is 1. The molecule has 114 valence electrons. The molecule has 0 bridgehead atoms. The van der Waals surface area contributed by atoms with E-state index in [9.17, 15) is 14.7 Å². The van der Waals surface area contributed by atoms with Crippen LogP contribution in [0.4, 0.5) is 5.82 Å². The smallest absolute Gasteiger partial charge is 0.341 e. The number of carboxylic acids is 1. The van der Waals surface area contributed by atoms with Gasteiger partial charge in [-0.2, -0.15) is 5.10 Å². The lowest BCUT2D eigenvalue weighted by Gasteiger charge is -2.14. The van der Waals surface area contributed by atoms with Gasteiger partial charge in [-0.1, -0.05) is 36.9 Å². The summed E-state index contributed by atoms with van der Waals surface area (Å²) in [6, 6.07) is 9.44. The van der Waals surface area contributed by atoms with Gasteiger partial charge < -0.3 is 10.4 Å². The first-order valence-corrected chi connectivity index (χ1v) is 6.76. The third kappa shape index (κ3) is 2.90. The molecule has 1 unspecified atom stereocenters. The Bertz CT molecular complexity index is 720. The molecule has 0 spiro atoms. The van der Waals surface area contributed by atoms with E-state index in [2.05, 4.69) is 17.0 Å². The van der Waals surface area contributed by atoms with E-state index in [-0.39, 0.29) is 17.4 Å². The third-order valence-corrected chi connectivity index (χ3v) is 3.44. The number of carbonyl (C=O) groups excluding carboxylic acids is 1. The molecule has 0 fully saturated rings. The van der Waals surface area contributed by atoms with E-state index in [0.29, 0.717) is 5.69 Å². The van der Waals surface area contributed by atoms with E-state index in [1.807, 2.05) is 37.3 Å². The topological polar surface area (TPSA) is 84.2 Å². The standard InChI is InChI=1S/C16H17N3O3/c1-4-13(20)17-15-14(16(21)22)11(3)19(18-15)10(2)12-8-6-5-7-9-12/h4-10H,1H2,2-3H3,(H,21,22)(H,17,18,20). The molecule has 0 saturated heterocycles. The van der Waals surface area contributed by atoms with Gasteiger partial charge in [-0.05, 0) is 25.5 Å². The zero-order valence-corrected chi connectivity index (χ0v) is 12.4. The monoisotopic (exact) mass is 299 g/mol. The first-order valence-electron chi connectivity index (χ1n) is 6.76. The number of carbonyl (C=O) groups is 2. The number of nitrogens with zero attached hydrogens (tertiary/aromatic N) is 2. The minimum absolute atomic E-state index is 0.0158. The van der Waals surface area contributed by atoms with Gasteiger partial charge in [-0.15, -0.1) is 0 Å². The van der Waals surface area contributed by atoms with E-state index in [1.54, 1.807) is 11.6 Å². The van der Waals surface area contributed by atoms with Crippen LogP contribution in [0.3, 0.4) is 0 Å². The highest BCUT2D eigenvalue weighted by Crippen LogP contribution is 2.25. The van der Waals surface area contributed by atoms with Crippen LogP contribution in [0.1, 0.15) is 34.6 Å². The second kappa shape index (κ2) is 6.26. The number of carboxylic acid groups (broad SMARTS) is 1. The molecule has 1 heterocycles. The molecular weight excluding hydrogens is 282 g/mol. The Morgan fingerprint density at radius 1 is 1.36 bits per heavy atom. The number of aromatic nitrogens is 2. The molecular formula is C16H17N3O3. The summed E-state index contributed by atoms with van der Waals surface area (Å²) in [5.41, 5.74) is 1.45. The maximum Gasteiger partial charge on any atom is 0.341 e. The van der Waals surface area contributed by atoms with Gasteiger partial charge in [0.2, 0.25) is 5.91 Å². The fraction of sp³-hybridized carbons (Fsp3) is 0.188. The second-order valence-corrected chi connectivity index (χ2v) is 4.84. The van der Waals surface area contributed by atoms with Crippen LogP contribution in [0.5, 0.6) is 0 Å². The Morgan fingerprint density at radius 3 is 2.55 bits per heavy atom. The Kier molecular flexibility index (Phi) is 4.41. The number of benzene rings is 1. The van der Waals surface area contributed by atoms with Crippen LogP contribution in [0.25, 0.3) is 0 Å². The number of aromatic carboxylic acids is 1. The van der Waals surface area contributed by atoms with Crippen molar-refractivity contribution in [3.63, 3.8) is 0 Å². The lowest BCUT2D eigenvalue weighted by Crippen LogP contribution is -2.12.